The lowest BCUT2D eigenvalue weighted by Gasteiger charge is -2.40. The number of fused-ring (bicyclic) bond motifs is 2. The number of anilines is 1. The van der Waals surface area contributed by atoms with Gasteiger partial charge in [0.2, 0.25) is 0 Å². The Kier molecular flexibility index (Phi) is 6.02. The Morgan fingerprint density at radius 3 is 2.85 bits per heavy atom. The van der Waals surface area contributed by atoms with Gasteiger partial charge >= 0.3 is 5.97 Å². The molecule has 0 unspecified atom stereocenters. The average molecular weight is 537 g/mol. The van der Waals surface area contributed by atoms with Gasteiger partial charge in [0.25, 0.3) is 0 Å². The van der Waals surface area contributed by atoms with E-state index >= 15 is 0 Å². The van der Waals surface area contributed by atoms with E-state index in [1.807, 2.05) is 49.4 Å². The second kappa shape index (κ2) is 9.61. The van der Waals surface area contributed by atoms with Crippen LogP contribution in [0.15, 0.2) is 48.5 Å². The molecule has 0 spiro atoms. The van der Waals surface area contributed by atoms with Crippen LogP contribution in [0, 0.1) is 29.6 Å². The van der Waals surface area contributed by atoms with Gasteiger partial charge in [0.05, 0.1) is 42.0 Å². The van der Waals surface area contributed by atoms with E-state index in [2.05, 4.69) is 21.9 Å². The highest BCUT2D eigenvalue weighted by Crippen LogP contribution is 2.58. The van der Waals surface area contributed by atoms with Crippen molar-refractivity contribution in [3.63, 3.8) is 0 Å². The van der Waals surface area contributed by atoms with Gasteiger partial charge in [0.15, 0.2) is 0 Å². The topological polar surface area (TPSA) is 98.9 Å². The summed E-state index contributed by atoms with van der Waals surface area (Å²) >= 11 is 0. The van der Waals surface area contributed by atoms with Crippen molar-refractivity contribution in [1.82, 2.24) is 9.88 Å². The summed E-state index contributed by atoms with van der Waals surface area (Å²) in [5, 5.41) is 19.6. The van der Waals surface area contributed by atoms with Gasteiger partial charge in [0.1, 0.15) is 18.2 Å². The van der Waals surface area contributed by atoms with E-state index in [-0.39, 0.29) is 5.92 Å². The molecule has 2 aromatic carbocycles. The van der Waals surface area contributed by atoms with Gasteiger partial charge in [-0.05, 0) is 72.2 Å². The first kappa shape index (κ1) is 25.1. The summed E-state index contributed by atoms with van der Waals surface area (Å²) < 4.78 is 11.8. The Bertz CT molecular complexity index is 1540. The van der Waals surface area contributed by atoms with Crippen LogP contribution in [0.5, 0.6) is 5.75 Å². The number of carboxylic acid groups (broad SMARTS) is 1. The third-order valence-corrected chi connectivity index (χ3v) is 9.19. The number of aliphatic carboxylic acids is 1. The smallest absolute Gasteiger partial charge is 0.311 e. The van der Waals surface area contributed by atoms with Gasteiger partial charge in [-0.25, -0.2) is 4.98 Å². The Balaban J connectivity index is 1.12. The van der Waals surface area contributed by atoms with E-state index in [1.165, 1.54) is 5.56 Å². The molecule has 8 heteroatoms. The van der Waals surface area contributed by atoms with Gasteiger partial charge in [-0.1, -0.05) is 24.3 Å². The summed E-state index contributed by atoms with van der Waals surface area (Å²) in [5.41, 5.74) is 6.18. The molecule has 40 heavy (non-hydrogen) atoms. The first-order valence-corrected chi connectivity index (χ1v) is 14.0. The average Bonchev–Trinajstić information content (AvgIpc) is 3.51. The van der Waals surface area contributed by atoms with Crippen LogP contribution in [0.4, 0.5) is 5.82 Å². The fraction of sp³-hybridized carbons (Fsp3) is 0.406. The Morgan fingerprint density at radius 2 is 2.10 bits per heavy atom. The number of nitriles is 1. The second-order valence-electron chi connectivity index (χ2n) is 11.7. The van der Waals surface area contributed by atoms with Gasteiger partial charge < -0.3 is 19.5 Å². The normalized spacial score (nSPS) is 23.6. The standard InChI is InChI=1S/C32H32N4O4/c1-20-4-2-5-26(28-6-3-7-29(34-28)36-14-24-12-32(24,19-36)31(37)38)30(20)40-16-21-10-22-8-9-35(25-17-39-18-25)15-27(22)23(11-21)13-33/h2-7,10-11,24-25H,8-9,12,14-19H2,1H3,(H,37,38)/t24-,32-/m0/s1. The molecule has 1 aliphatic carbocycles. The maximum atomic E-state index is 11.8. The Labute approximate surface area is 233 Å². The molecule has 0 bridgehead atoms. The van der Waals surface area contributed by atoms with Crippen molar-refractivity contribution in [3.8, 4) is 23.1 Å². The lowest BCUT2D eigenvalue weighted by molar-refractivity contribution is -0.143. The molecule has 0 radical (unpaired) electrons. The molecule has 204 valence electrons. The molecule has 3 fully saturated rings. The van der Waals surface area contributed by atoms with E-state index in [1.54, 1.807) is 0 Å². The minimum absolute atomic E-state index is 0.207. The molecule has 7 rings (SSSR count). The van der Waals surface area contributed by atoms with E-state index in [4.69, 9.17) is 14.5 Å². The minimum Gasteiger partial charge on any atom is -0.488 e. The summed E-state index contributed by atoms with van der Waals surface area (Å²) in [6, 6.07) is 19.0. The van der Waals surface area contributed by atoms with Crippen molar-refractivity contribution >= 4 is 11.8 Å². The monoisotopic (exact) mass is 536 g/mol. The van der Waals surface area contributed by atoms with Crippen molar-refractivity contribution in [1.29, 1.82) is 5.26 Å². The number of rotatable bonds is 7. The molecule has 2 saturated heterocycles. The lowest BCUT2D eigenvalue weighted by atomic mass is 9.92. The summed E-state index contributed by atoms with van der Waals surface area (Å²) in [5.74, 6) is 1.08. The van der Waals surface area contributed by atoms with E-state index < -0.39 is 11.4 Å². The molecular weight excluding hydrogens is 504 g/mol. The number of hydrogen-bond donors (Lipinski definition) is 1. The van der Waals surface area contributed by atoms with Crippen molar-refractivity contribution in [2.24, 2.45) is 11.3 Å². The number of carbonyl (C=O) groups is 1. The number of ether oxygens (including phenoxy) is 2. The molecule has 3 aromatic rings. The highest BCUT2D eigenvalue weighted by molar-refractivity contribution is 5.81. The summed E-state index contributed by atoms with van der Waals surface area (Å²) in [6.07, 6.45) is 1.68. The van der Waals surface area contributed by atoms with Crippen LogP contribution in [0.1, 0.15) is 34.2 Å². The number of aryl methyl sites for hydroxylation is 1. The molecule has 4 heterocycles. The third-order valence-electron chi connectivity index (χ3n) is 9.19. The number of nitrogens with zero attached hydrogens (tertiary/aromatic N) is 4. The van der Waals surface area contributed by atoms with Crippen LogP contribution in [0.25, 0.3) is 11.3 Å². The predicted molar refractivity (Wildman–Crippen MR) is 149 cm³/mol. The second-order valence-corrected chi connectivity index (χ2v) is 11.7. The van der Waals surface area contributed by atoms with Gasteiger partial charge in [-0.15, -0.1) is 0 Å². The molecule has 8 nitrogen and oxygen atoms in total. The number of piperidine rings is 1. The summed E-state index contributed by atoms with van der Waals surface area (Å²) in [7, 11) is 0. The Morgan fingerprint density at radius 1 is 1.25 bits per heavy atom. The molecule has 3 aliphatic heterocycles. The molecule has 2 atom stereocenters. The first-order valence-electron chi connectivity index (χ1n) is 14.0. The lowest BCUT2D eigenvalue weighted by Crippen LogP contribution is -2.50. The molecule has 4 aliphatic rings. The largest absolute Gasteiger partial charge is 0.488 e. The van der Waals surface area contributed by atoms with Crippen LogP contribution >= 0.6 is 0 Å². The SMILES string of the molecule is Cc1cccc(-c2cccc(N3C[C@@H]4C[C@]4(C(=O)O)C3)n2)c1OCc1cc(C#N)c2c(c1)CCN(C1COC1)C2. The Hall–Kier alpha value is -3.93. The van der Waals surface area contributed by atoms with Crippen molar-refractivity contribution in [2.75, 3.05) is 37.7 Å². The van der Waals surface area contributed by atoms with Crippen molar-refractivity contribution in [3.05, 3.63) is 76.3 Å². The summed E-state index contributed by atoms with van der Waals surface area (Å²) in [4.78, 5) is 21.3. The minimum atomic E-state index is -0.697. The number of hydrogen-bond acceptors (Lipinski definition) is 7. The zero-order valence-corrected chi connectivity index (χ0v) is 22.6. The molecule has 0 amide bonds. The highest BCUT2D eigenvalue weighted by atomic mass is 16.5. The van der Waals surface area contributed by atoms with Gasteiger partial charge in [-0.3, -0.25) is 9.69 Å². The van der Waals surface area contributed by atoms with Gasteiger partial charge in [-0.2, -0.15) is 5.26 Å². The van der Waals surface area contributed by atoms with Crippen LogP contribution in [-0.4, -0.2) is 59.8 Å². The fourth-order valence-electron chi connectivity index (χ4n) is 6.62. The van der Waals surface area contributed by atoms with E-state index in [0.29, 0.717) is 19.2 Å². The third kappa shape index (κ3) is 4.21. The number of carboxylic acids is 1. The number of pyridine rings is 1. The number of para-hydroxylation sites is 1. The first-order chi connectivity index (χ1) is 19.4. The van der Waals surface area contributed by atoms with Crippen LogP contribution in [0.2, 0.25) is 0 Å². The van der Waals surface area contributed by atoms with E-state index in [0.717, 1.165) is 90.8 Å². The van der Waals surface area contributed by atoms with E-state index in [9.17, 15) is 15.2 Å². The molecule has 1 aromatic heterocycles. The van der Waals surface area contributed by atoms with Crippen LogP contribution in [0.3, 0.4) is 0 Å². The van der Waals surface area contributed by atoms with Crippen LogP contribution < -0.4 is 9.64 Å². The highest BCUT2D eigenvalue weighted by Gasteiger charge is 2.65. The van der Waals surface area contributed by atoms with Crippen LogP contribution in [-0.2, 0) is 29.1 Å². The predicted octanol–water partition coefficient (Wildman–Crippen LogP) is 4.18. The number of aromatic nitrogens is 1. The fourth-order valence-corrected chi connectivity index (χ4v) is 6.62. The molecule has 1 saturated carbocycles. The maximum Gasteiger partial charge on any atom is 0.311 e. The summed E-state index contributed by atoms with van der Waals surface area (Å²) in [6.45, 7) is 6.95. The van der Waals surface area contributed by atoms with Gasteiger partial charge in [0, 0.05) is 31.7 Å². The maximum absolute atomic E-state index is 11.8. The zero-order valence-electron chi connectivity index (χ0n) is 22.6. The quantitative estimate of drug-likeness (QED) is 0.480. The van der Waals surface area contributed by atoms with Crippen molar-refractivity contribution in [2.45, 2.75) is 39.0 Å². The van der Waals surface area contributed by atoms with Crippen molar-refractivity contribution < 1.29 is 19.4 Å². The number of benzene rings is 2. The molecular formula is C32H32N4O4. The zero-order chi connectivity index (χ0) is 27.4. The molecule has 1 N–H and O–H groups in total.